The van der Waals surface area contributed by atoms with Gasteiger partial charge in [0.15, 0.2) is 0 Å². The molecule has 2 aromatic rings. The van der Waals surface area contributed by atoms with E-state index in [9.17, 15) is 5.11 Å². The summed E-state index contributed by atoms with van der Waals surface area (Å²) in [6, 6.07) is 8.84. The first-order chi connectivity index (χ1) is 9.34. The molecule has 0 aromatic heterocycles. The lowest BCUT2D eigenvalue weighted by Gasteiger charge is -2.23. The summed E-state index contributed by atoms with van der Waals surface area (Å²) >= 11 is 0. The fourth-order valence-corrected chi connectivity index (χ4v) is 3.62. The fraction of sp³-hybridized carbons (Fsp3) is 0.333. The zero-order valence-corrected chi connectivity index (χ0v) is 11.0. The molecule has 0 amide bonds. The molecule has 1 nitrogen and oxygen atoms in total. The summed E-state index contributed by atoms with van der Waals surface area (Å²) in [6.45, 7) is 0. The Bertz CT molecular complexity index is 770. The molecule has 1 unspecified atom stereocenters. The molecule has 0 heterocycles. The third-order valence-electron chi connectivity index (χ3n) is 4.57. The van der Waals surface area contributed by atoms with Crippen molar-refractivity contribution in [3.8, 4) is 0 Å². The maximum absolute atomic E-state index is 10.1. The molecule has 2 aliphatic rings. The molecule has 0 radical (unpaired) electrons. The molecule has 0 saturated carbocycles. The Kier molecular flexibility index (Phi) is 2.49. The molecule has 96 valence electrons. The monoisotopic (exact) mass is 250 g/mol. The van der Waals surface area contributed by atoms with E-state index < -0.39 is 0 Å². The van der Waals surface area contributed by atoms with Crippen LogP contribution in [0.2, 0.25) is 0 Å². The van der Waals surface area contributed by atoms with E-state index in [4.69, 9.17) is 0 Å². The summed E-state index contributed by atoms with van der Waals surface area (Å²) in [7, 11) is 0. The van der Waals surface area contributed by atoms with E-state index in [-0.39, 0.29) is 6.10 Å². The number of hydrogen-bond acceptors (Lipinski definition) is 1. The quantitative estimate of drug-likeness (QED) is 0.762. The average molecular weight is 250 g/mol. The van der Waals surface area contributed by atoms with Gasteiger partial charge in [0.1, 0.15) is 0 Å². The highest BCUT2D eigenvalue weighted by Crippen LogP contribution is 2.33. The van der Waals surface area contributed by atoms with Crippen molar-refractivity contribution in [2.24, 2.45) is 0 Å². The zero-order chi connectivity index (χ0) is 12.8. The Morgan fingerprint density at radius 3 is 2.74 bits per heavy atom. The van der Waals surface area contributed by atoms with Gasteiger partial charge >= 0.3 is 0 Å². The number of benzene rings is 2. The van der Waals surface area contributed by atoms with Crippen molar-refractivity contribution in [2.45, 2.75) is 38.2 Å². The lowest BCUT2D eigenvalue weighted by molar-refractivity contribution is 0.157. The van der Waals surface area contributed by atoms with Crippen LogP contribution in [-0.4, -0.2) is 5.11 Å². The standard InChI is InChI=1S/C18H18O/c19-18-7-3-6-14-16-9-8-12-4-1-2-5-13(12)15(16)10-11-17(14)18/h4-5,8-11,18-19H,1-3,6-7H2. The molecule has 1 atom stereocenters. The van der Waals surface area contributed by atoms with Crippen molar-refractivity contribution < 1.29 is 5.11 Å². The van der Waals surface area contributed by atoms with Crippen LogP contribution in [0.5, 0.6) is 0 Å². The van der Waals surface area contributed by atoms with Crippen molar-refractivity contribution in [3.63, 3.8) is 0 Å². The average Bonchev–Trinajstić information content (AvgIpc) is 2.47. The highest BCUT2D eigenvalue weighted by molar-refractivity contribution is 5.88. The van der Waals surface area contributed by atoms with Crippen LogP contribution in [0.3, 0.4) is 0 Å². The Hall–Kier alpha value is -1.60. The molecule has 1 heteroatoms. The molecule has 1 N–H and O–H groups in total. The van der Waals surface area contributed by atoms with E-state index in [1.165, 1.54) is 26.8 Å². The third-order valence-corrected chi connectivity index (χ3v) is 4.57. The van der Waals surface area contributed by atoms with Crippen molar-refractivity contribution in [3.05, 3.63) is 45.8 Å². The first kappa shape index (κ1) is 11.2. The molecule has 19 heavy (non-hydrogen) atoms. The van der Waals surface area contributed by atoms with Gasteiger partial charge in [-0.2, -0.15) is 0 Å². The summed E-state index contributed by atoms with van der Waals surface area (Å²) in [6.07, 6.45) is 9.84. The maximum Gasteiger partial charge on any atom is 0.0793 e. The van der Waals surface area contributed by atoms with E-state index in [2.05, 4.69) is 36.4 Å². The van der Waals surface area contributed by atoms with Crippen LogP contribution in [0.1, 0.15) is 42.9 Å². The van der Waals surface area contributed by atoms with Gasteiger partial charge in [-0.3, -0.25) is 0 Å². The van der Waals surface area contributed by atoms with Crippen LogP contribution in [0.4, 0.5) is 0 Å². The second-order valence-electron chi connectivity index (χ2n) is 5.69. The lowest BCUT2D eigenvalue weighted by Crippen LogP contribution is -2.27. The highest BCUT2D eigenvalue weighted by Gasteiger charge is 2.19. The van der Waals surface area contributed by atoms with Crippen molar-refractivity contribution >= 4 is 22.9 Å². The number of hydrogen-bond donors (Lipinski definition) is 1. The number of aliphatic hydroxyl groups excluding tert-OH is 1. The number of aliphatic hydroxyl groups is 1. The van der Waals surface area contributed by atoms with Crippen LogP contribution in [0.25, 0.3) is 22.9 Å². The molecule has 4 rings (SSSR count). The zero-order valence-electron chi connectivity index (χ0n) is 11.0. The Labute approximate surface area is 112 Å². The minimum Gasteiger partial charge on any atom is -0.388 e. The maximum atomic E-state index is 10.1. The molecule has 0 fully saturated rings. The molecule has 0 saturated heterocycles. The van der Waals surface area contributed by atoms with Gasteiger partial charge in [-0.25, -0.2) is 0 Å². The predicted molar refractivity (Wildman–Crippen MR) is 79.3 cm³/mol. The lowest BCUT2D eigenvalue weighted by atomic mass is 9.85. The van der Waals surface area contributed by atoms with Gasteiger partial charge in [0, 0.05) is 0 Å². The normalized spacial score (nSPS) is 21.2. The van der Waals surface area contributed by atoms with Crippen LogP contribution in [-0.2, 0) is 6.42 Å². The smallest absolute Gasteiger partial charge is 0.0793 e. The fourth-order valence-electron chi connectivity index (χ4n) is 3.62. The summed E-state index contributed by atoms with van der Waals surface area (Å²) in [5, 5.41) is 15.6. The summed E-state index contributed by atoms with van der Waals surface area (Å²) in [5.74, 6) is 0. The van der Waals surface area contributed by atoms with Gasteiger partial charge < -0.3 is 5.11 Å². The first-order valence-electron chi connectivity index (χ1n) is 7.27. The summed E-state index contributed by atoms with van der Waals surface area (Å²) in [5.41, 5.74) is 2.52. The molecular formula is C18H18O. The first-order valence-corrected chi connectivity index (χ1v) is 7.27. The van der Waals surface area contributed by atoms with Crippen molar-refractivity contribution in [1.82, 2.24) is 0 Å². The van der Waals surface area contributed by atoms with Gasteiger partial charge in [-0.1, -0.05) is 36.4 Å². The predicted octanol–water partition coefficient (Wildman–Crippen LogP) is 2.56. The summed E-state index contributed by atoms with van der Waals surface area (Å²) in [4.78, 5) is 0. The van der Waals surface area contributed by atoms with Gasteiger partial charge in [0.2, 0.25) is 0 Å². The second-order valence-corrected chi connectivity index (χ2v) is 5.69. The topological polar surface area (TPSA) is 20.2 Å². The van der Waals surface area contributed by atoms with E-state index >= 15 is 0 Å². The van der Waals surface area contributed by atoms with Gasteiger partial charge in [-0.15, -0.1) is 0 Å². The minimum absolute atomic E-state index is 0.264. The SMILES string of the molecule is OC1CCCc2c1ccc1c3c(ccc21)=CCCC=3. The molecule has 0 spiro atoms. The van der Waals surface area contributed by atoms with Crippen molar-refractivity contribution in [2.75, 3.05) is 0 Å². The Balaban J connectivity index is 2.12. The Morgan fingerprint density at radius 2 is 1.79 bits per heavy atom. The van der Waals surface area contributed by atoms with E-state index in [0.29, 0.717) is 0 Å². The Morgan fingerprint density at radius 1 is 0.947 bits per heavy atom. The third kappa shape index (κ3) is 1.65. The largest absolute Gasteiger partial charge is 0.388 e. The number of aryl methyl sites for hydroxylation is 1. The molecule has 0 aliphatic heterocycles. The van der Waals surface area contributed by atoms with Crippen LogP contribution < -0.4 is 10.4 Å². The molecular weight excluding hydrogens is 232 g/mol. The van der Waals surface area contributed by atoms with Crippen LogP contribution in [0.15, 0.2) is 24.3 Å². The number of rotatable bonds is 0. The minimum atomic E-state index is -0.264. The summed E-state index contributed by atoms with van der Waals surface area (Å²) < 4.78 is 0. The highest BCUT2D eigenvalue weighted by atomic mass is 16.3. The molecule has 2 aliphatic carbocycles. The molecule has 0 bridgehead atoms. The van der Waals surface area contributed by atoms with Gasteiger partial charge in [0.25, 0.3) is 0 Å². The van der Waals surface area contributed by atoms with Gasteiger partial charge in [-0.05, 0) is 64.4 Å². The molecule has 2 aromatic carbocycles. The van der Waals surface area contributed by atoms with Gasteiger partial charge in [0.05, 0.1) is 6.10 Å². The van der Waals surface area contributed by atoms with Crippen molar-refractivity contribution in [1.29, 1.82) is 0 Å². The van der Waals surface area contributed by atoms with E-state index in [0.717, 1.165) is 37.7 Å². The van der Waals surface area contributed by atoms with E-state index in [1.54, 1.807) is 0 Å². The van der Waals surface area contributed by atoms with E-state index in [1.807, 2.05) is 0 Å². The van der Waals surface area contributed by atoms with Crippen LogP contribution in [0, 0.1) is 0 Å². The van der Waals surface area contributed by atoms with Crippen LogP contribution >= 0.6 is 0 Å². The number of fused-ring (bicyclic) bond motifs is 5. The second kappa shape index (κ2) is 4.21.